The Hall–Kier alpha value is -0.520. The van der Waals surface area contributed by atoms with Gasteiger partial charge in [0.2, 0.25) is 0 Å². The van der Waals surface area contributed by atoms with E-state index in [-0.39, 0.29) is 0 Å². The van der Waals surface area contributed by atoms with E-state index in [2.05, 4.69) is 32.1 Å². The minimum atomic E-state index is 0.875. The second-order valence-corrected chi connectivity index (χ2v) is 4.53. The van der Waals surface area contributed by atoms with E-state index in [0.29, 0.717) is 0 Å². The Morgan fingerprint density at radius 1 is 1.33 bits per heavy atom. The Labute approximate surface area is 75.4 Å². The number of allylic oxidation sites excluding steroid dienone is 4. The molecule has 0 heteroatoms. The Kier molecular flexibility index (Phi) is 2.08. The minimum absolute atomic E-state index is 0.875. The van der Waals surface area contributed by atoms with Gasteiger partial charge in [0.05, 0.1) is 0 Å². The standard InChI is InChI=1S/C12H18/c1-9-7-11-6-4-3-5-10(2)12(11)8-9/h3-4,6,9-10,12H,5,7-8H2,1-2H3. The van der Waals surface area contributed by atoms with Crippen molar-refractivity contribution in [3.05, 3.63) is 23.8 Å². The third kappa shape index (κ3) is 1.35. The van der Waals surface area contributed by atoms with Crippen LogP contribution in [0.3, 0.4) is 0 Å². The lowest BCUT2D eigenvalue weighted by Gasteiger charge is -2.17. The van der Waals surface area contributed by atoms with Gasteiger partial charge in [-0.2, -0.15) is 0 Å². The van der Waals surface area contributed by atoms with Gasteiger partial charge < -0.3 is 0 Å². The first-order valence-electron chi connectivity index (χ1n) is 5.13. The molecule has 0 heterocycles. The molecule has 0 aromatic heterocycles. The summed E-state index contributed by atoms with van der Waals surface area (Å²) in [6, 6.07) is 0. The summed E-state index contributed by atoms with van der Waals surface area (Å²) in [5, 5.41) is 0. The average molecular weight is 162 g/mol. The van der Waals surface area contributed by atoms with Crippen molar-refractivity contribution in [1.82, 2.24) is 0 Å². The molecule has 0 aromatic carbocycles. The van der Waals surface area contributed by atoms with E-state index in [1.54, 1.807) is 5.57 Å². The fraction of sp³-hybridized carbons (Fsp3) is 0.667. The molecule has 3 atom stereocenters. The zero-order valence-corrected chi connectivity index (χ0v) is 8.09. The van der Waals surface area contributed by atoms with E-state index < -0.39 is 0 Å². The SMILES string of the molecule is CC1CC2=CC=CCC(C)C2C1. The quantitative estimate of drug-likeness (QED) is 0.511. The second-order valence-electron chi connectivity index (χ2n) is 4.53. The summed E-state index contributed by atoms with van der Waals surface area (Å²) < 4.78 is 0. The van der Waals surface area contributed by atoms with Gasteiger partial charge in [0.15, 0.2) is 0 Å². The largest absolute Gasteiger partial charge is 0.0843 e. The minimum Gasteiger partial charge on any atom is -0.0843 e. The van der Waals surface area contributed by atoms with Crippen molar-refractivity contribution < 1.29 is 0 Å². The normalized spacial score (nSPS) is 40.5. The summed E-state index contributed by atoms with van der Waals surface area (Å²) in [6.07, 6.45) is 11.0. The Morgan fingerprint density at radius 2 is 2.17 bits per heavy atom. The number of hydrogen-bond acceptors (Lipinski definition) is 0. The Bertz CT molecular complexity index is 222. The molecule has 0 bridgehead atoms. The maximum absolute atomic E-state index is 2.40. The van der Waals surface area contributed by atoms with E-state index in [0.717, 1.165) is 17.8 Å². The molecule has 12 heavy (non-hydrogen) atoms. The van der Waals surface area contributed by atoms with Gasteiger partial charge in [-0.3, -0.25) is 0 Å². The fourth-order valence-corrected chi connectivity index (χ4v) is 2.66. The van der Waals surface area contributed by atoms with Crippen LogP contribution >= 0.6 is 0 Å². The third-order valence-corrected chi connectivity index (χ3v) is 3.36. The molecule has 3 unspecified atom stereocenters. The van der Waals surface area contributed by atoms with Gasteiger partial charge in [-0.25, -0.2) is 0 Å². The average Bonchev–Trinajstić information content (AvgIpc) is 2.33. The summed E-state index contributed by atoms with van der Waals surface area (Å²) in [5.74, 6) is 2.70. The molecule has 1 saturated carbocycles. The van der Waals surface area contributed by atoms with Crippen molar-refractivity contribution in [2.24, 2.45) is 17.8 Å². The lowest BCUT2D eigenvalue weighted by atomic mass is 9.88. The summed E-state index contributed by atoms with van der Waals surface area (Å²) in [4.78, 5) is 0. The second kappa shape index (κ2) is 3.08. The van der Waals surface area contributed by atoms with Gasteiger partial charge in [-0.1, -0.05) is 37.6 Å². The monoisotopic (exact) mass is 162 g/mol. The van der Waals surface area contributed by atoms with Crippen LogP contribution < -0.4 is 0 Å². The van der Waals surface area contributed by atoms with E-state index in [1.165, 1.54) is 19.3 Å². The van der Waals surface area contributed by atoms with Crippen molar-refractivity contribution in [3.63, 3.8) is 0 Å². The molecule has 0 nitrogen and oxygen atoms in total. The topological polar surface area (TPSA) is 0 Å². The third-order valence-electron chi connectivity index (χ3n) is 3.36. The van der Waals surface area contributed by atoms with Gasteiger partial charge in [0.25, 0.3) is 0 Å². The molecule has 0 aromatic rings. The number of fused-ring (bicyclic) bond motifs is 1. The molecular weight excluding hydrogens is 144 g/mol. The smallest absolute Gasteiger partial charge is 0.0169 e. The highest BCUT2D eigenvalue weighted by Gasteiger charge is 2.30. The number of hydrogen-bond donors (Lipinski definition) is 0. The maximum atomic E-state index is 2.40. The molecule has 0 spiro atoms. The van der Waals surface area contributed by atoms with Gasteiger partial charge in [0, 0.05) is 0 Å². The highest BCUT2D eigenvalue weighted by atomic mass is 14.3. The predicted molar refractivity (Wildman–Crippen MR) is 52.9 cm³/mol. The van der Waals surface area contributed by atoms with Crippen molar-refractivity contribution in [3.8, 4) is 0 Å². The van der Waals surface area contributed by atoms with Crippen molar-refractivity contribution in [2.75, 3.05) is 0 Å². The molecule has 0 N–H and O–H groups in total. The molecule has 0 radical (unpaired) electrons. The highest BCUT2D eigenvalue weighted by Crippen LogP contribution is 2.42. The molecular formula is C12H18. The van der Waals surface area contributed by atoms with Crippen LogP contribution in [-0.4, -0.2) is 0 Å². The molecule has 2 aliphatic rings. The summed E-state index contributed by atoms with van der Waals surface area (Å²) in [7, 11) is 0. The van der Waals surface area contributed by atoms with E-state index in [1.807, 2.05) is 0 Å². The molecule has 2 rings (SSSR count). The van der Waals surface area contributed by atoms with E-state index in [4.69, 9.17) is 0 Å². The first kappa shape index (κ1) is 8.10. The van der Waals surface area contributed by atoms with E-state index in [9.17, 15) is 0 Å². The molecule has 1 fully saturated rings. The van der Waals surface area contributed by atoms with Crippen LogP contribution in [0.1, 0.15) is 33.1 Å². The first-order valence-corrected chi connectivity index (χ1v) is 5.13. The lowest BCUT2D eigenvalue weighted by molar-refractivity contribution is 0.399. The van der Waals surface area contributed by atoms with Crippen molar-refractivity contribution >= 4 is 0 Å². The summed E-state index contributed by atoms with van der Waals surface area (Å²) in [6.45, 7) is 4.78. The zero-order valence-electron chi connectivity index (χ0n) is 8.09. The van der Waals surface area contributed by atoms with Crippen LogP contribution in [0.4, 0.5) is 0 Å². The Balaban J connectivity index is 2.22. The van der Waals surface area contributed by atoms with Crippen molar-refractivity contribution in [2.45, 2.75) is 33.1 Å². The van der Waals surface area contributed by atoms with Gasteiger partial charge in [-0.05, 0) is 37.0 Å². The number of rotatable bonds is 0. The molecule has 66 valence electrons. The molecule has 2 aliphatic carbocycles. The lowest BCUT2D eigenvalue weighted by Crippen LogP contribution is -2.08. The van der Waals surface area contributed by atoms with Crippen molar-refractivity contribution in [1.29, 1.82) is 0 Å². The van der Waals surface area contributed by atoms with Crippen LogP contribution in [-0.2, 0) is 0 Å². The van der Waals surface area contributed by atoms with Crippen LogP contribution in [0.25, 0.3) is 0 Å². The summed E-state index contributed by atoms with van der Waals surface area (Å²) >= 11 is 0. The van der Waals surface area contributed by atoms with Crippen LogP contribution in [0.2, 0.25) is 0 Å². The fourth-order valence-electron chi connectivity index (χ4n) is 2.66. The van der Waals surface area contributed by atoms with E-state index >= 15 is 0 Å². The first-order chi connectivity index (χ1) is 5.77. The molecule has 0 aliphatic heterocycles. The van der Waals surface area contributed by atoms with Crippen LogP contribution in [0.15, 0.2) is 23.8 Å². The molecule has 0 amide bonds. The predicted octanol–water partition coefficient (Wildman–Crippen LogP) is 3.55. The molecule has 0 saturated heterocycles. The van der Waals surface area contributed by atoms with Gasteiger partial charge in [-0.15, -0.1) is 0 Å². The highest BCUT2D eigenvalue weighted by molar-refractivity contribution is 5.22. The van der Waals surface area contributed by atoms with Gasteiger partial charge in [0.1, 0.15) is 0 Å². The van der Waals surface area contributed by atoms with Crippen LogP contribution in [0, 0.1) is 17.8 Å². The maximum Gasteiger partial charge on any atom is -0.0169 e. The van der Waals surface area contributed by atoms with Gasteiger partial charge >= 0.3 is 0 Å². The Morgan fingerprint density at radius 3 is 3.00 bits per heavy atom. The summed E-state index contributed by atoms with van der Waals surface area (Å²) in [5.41, 5.74) is 1.71. The van der Waals surface area contributed by atoms with Crippen LogP contribution in [0.5, 0.6) is 0 Å². The zero-order chi connectivity index (χ0) is 8.55.